The lowest BCUT2D eigenvalue weighted by molar-refractivity contribution is -0.122. The molecule has 0 aromatic carbocycles. The number of ether oxygens (including phenoxy) is 1. The Bertz CT molecular complexity index is 800. The highest BCUT2D eigenvalue weighted by molar-refractivity contribution is 8.18. The molecular weight excluding hydrogens is 338 g/mol. The highest BCUT2D eigenvalue weighted by Gasteiger charge is 2.34. The summed E-state index contributed by atoms with van der Waals surface area (Å²) in [5, 5.41) is -0.170. The molecule has 0 aliphatic carbocycles. The highest BCUT2D eigenvalue weighted by Crippen LogP contribution is 2.31. The molecule has 3 heterocycles. The van der Waals surface area contributed by atoms with E-state index in [1.165, 1.54) is 4.90 Å². The van der Waals surface area contributed by atoms with Crippen molar-refractivity contribution in [1.29, 1.82) is 0 Å². The quantitative estimate of drug-likeness (QED) is 0.529. The van der Waals surface area contributed by atoms with E-state index in [2.05, 4.69) is 4.98 Å². The Kier molecular flexibility index (Phi) is 5.75. The van der Waals surface area contributed by atoms with Crippen LogP contribution in [0.1, 0.15) is 32.6 Å². The second kappa shape index (κ2) is 8.20. The summed E-state index contributed by atoms with van der Waals surface area (Å²) in [5.41, 5.74) is 0.842. The molecular formula is C18H21N3O3S. The number of hydrogen-bond donors (Lipinski definition) is 0. The Balaban J connectivity index is 1.45. The molecule has 1 aliphatic rings. The van der Waals surface area contributed by atoms with Crippen LogP contribution in [0.25, 0.3) is 5.65 Å². The number of unbranched alkanes of at least 4 members (excludes halogenated alkanes) is 2. The third-order valence-corrected chi connectivity index (χ3v) is 4.87. The van der Waals surface area contributed by atoms with E-state index in [4.69, 9.17) is 4.74 Å². The molecule has 0 saturated carbocycles. The number of amides is 2. The molecule has 0 atom stereocenters. The second-order valence-corrected chi connectivity index (χ2v) is 6.75. The molecule has 2 amide bonds. The first-order chi connectivity index (χ1) is 12.2. The number of allylic oxidation sites excluding steroid dienone is 1. The van der Waals surface area contributed by atoms with Crippen molar-refractivity contribution in [3.05, 3.63) is 41.6 Å². The van der Waals surface area contributed by atoms with Crippen molar-refractivity contribution < 1.29 is 14.3 Å². The van der Waals surface area contributed by atoms with Crippen LogP contribution in [0.5, 0.6) is 5.88 Å². The van der Waals surface area contributed by atoms with Gasteiger partial charge in [0.1, 0.15) is 5.65 Å². The summed E-state index contributed by atoms with van der Waals surface area (Å²) in [4.78, 5) is 30.3. The van der Waals surface area contributed by atoms with E-state index in [0.29, 0.717) is 18.1 Å². The van der Waals surface area contributed by atoms with Crippen LogP contribution in [0.3, 0.4) is 0 Å². The zero-order valence-corrected chi connectivity index (χ0v) is 15.0. The number of hydrogen-bond acceptors (Lipinski definition) is 5. The predicted octanol–water partition coefficient (Wildman–Crippen LogP) is 3.87. The fraction of sp³-hybridized carbons (Fsp3) is 0.389. The van der Waals surface area contributed by atoms with Crippen molar-refractivity contribution in [3.63, 3.8) is 0 Å². The summed E-state index contributed by atoms with van der Waals surface area (Å²) < 4.78 is 7.67. The first kappa shape index (κ1) is 17.5. The maximum atomic E-state index is 12.2. The molecule has 3 rings (SSSR count). The minimum atomic E-state index is -0.170. The molecule has 1 aliphatic heterocycles. The lowest BCUT2D eigenvalue weighted by atomic mass is 10.3. The monoisotopic (exact) mass is 359 g/mol. The molecule has 0 N–H and O–H groups in total. The standard InChI is InChI=1S/C18H21N3O3S/c1-2-3-7-14-17(22)21(18(23)25-14)11-4-5-13-24-16-9-6-8-15-19-10-12-20(15)16/h6-10,12H,2-5,11,13H2,1H3. The van der Waals surface area contributed by atoms with E-state index in [1.54, 1.807) is 6.20 Å². The van der Waals surface area contributed by atoms with Crippen molar-refractivity contribution in [2.75, 3.05) is 13.2 Å². The molecule has 132 valence electrons. The first-order valence-electron chi connectivity index (χ1n) is 8.49. The van der Waals surface area contributed by atoms with Gasteiger partial charge >= 0.3 is 0 Å². The van der Waals surface area contributed by atoms with Gasteiger partial charge in [-0.15, -0.1) is 0 Å². The highest BCUT2D eigenvalue weighted by atomic mass is 32.2. The van der Waals surface area contributed by atoms with Gasteiger partial charge in [-0.25, -0.2) is 4.98 Å². The Morgan fingerprint density at radius 3 is 3.00 bits per heavy atom. The van der Waals surface area contributed by atoms with Gasteiger partial charge in [0, 0.05) is 18.9 Å². The molecule has 2 aromatic heterocycles. The lowest BCUT2D eigenvalue weighted by Crippen LogP contribution is -2.29. The summed E-state index contributed by atoms with van der Waals surface area (Å²) in [6.45, 7) is 3.01. The molecule has 0 radical (unpaired) electrons. The zero-order chi connectivity index (χ0) is 17.6. The van der Waals surface area contributed by atoms with Crippen LogP contribution in [-0.2, 0) is 4.79 Å². The summed E-state index contributed by atoms with van der Waals surface area (Å²) in [6, 6.07) is 5.71. The maximum absolute atomic E-state index is 12.2. The largest absolute Gasteiger partial charge is 0.479 e. The summed E-state index contributed by atoms with van der Waals surface area (Å²) in [7, 11) is 0. The number of fused-ring (bicyclic) bond motifs is 1. The van der Waals surface area contributed by atoms with E-state index < -0.39 is 0 Å². The van der Waals surface area contributed by atoms with E-state index in [0.717, 1.165) is 49.0 Å². The third-order valence-electron chi connectivity index (χ3n) is 3.91. The Morgan fingerprint density at radius 1 is 1.28 bits per heavy atom. The maximum Gasteiger partial charge on any atom is 0.293 e. The number of pyridine rings is 1. The molecule has 0 bridgehead atoms. The van der Waals surface area contributed by atoms with E-state index in [9.17, 15) is 9.59 Å². The van der Waals surface area contributed by atoms with Crippen molar-refractivity contribution in [1.82, 2.24) is 14.3 Å². The number of carbonyl (C=O) groups excluding carboxylic acids is 2. The van der Waals surface area contributed by atoms with Gasteiger partial charge < -0.3 is 4.74 Å². The molecule has 25 heavy (non-hydrogen) atoms. The normalized spacial score (nSPS) is 16.4. The first-order valence-corrected chi connectivity index (χ1v) is 9.31. The van der Waals surface area contributed by atoms with Crippen LogP contribution in [0.2, 0.25) is 0 Å². The molecule has 6 nitrogen and oxygen atoms in total. The summed E-state index contributed by atoms with van der Waals surface area (Å²) in [6.07, 6.45) is 8.72. The van der Waals surface area contributed by atoms with E-state index >= 15 is 0 Å². The average Bonchev–Trinajstić information content (AvgIpc) is 3.19. The minimum absolute atomic E-state index is 0.160. The van der Waals surface area contributed by atoms with Gasteiger partial charge in [-0.2, -0.15) is 0 Å². The number of imidazole rings is 1. The van der Waals surface area contributed by atoms with Crippen LogP contribution >= 0.6 is 11.8 Å². The molecule has 1 saturated heterocycles. The van der Waals surface area contributed by atoms with Crippen molar-refractivity contribution in [3.8, 4) is 5.88 Å². The van der Waals surface area contributed by atoms with Gasteiger partial charge in [0.2, 0.25) is 0 Å². The molecule has 0 unspecified atom stereocenters. The number of nitrogens with zero attached hydrogens (tertiary/aromatic N) is 3. The van der Waals surface area contributed by atoms with Gasteiger partial charge in [0.25, 0.3) is 11.1 Å². The smallest absolute Gasteiger partial charge is 0.293 e. The lowest BCUT2D eigenvalue weighted by Gasteiger charge is -2.12. The van der Waals surface area contributed by atoms with Crippen LogP contribution < -0.4 is 4.74 Å². The van der Waals surface area contributed by atoms with Gasteiger partial charge in [0.15, 0.2) is 5.88 Å². The Labute approximate surface area is 150 Å². The molecule has 7 heteroatoms. The average molecular weight is 359 g/mol. The number of aromatic nitrogens is 2. The van der Waals surface area contributed by atoms with Gasteiger partial charge in [0.05, 0.1) is 11.5 Å². The van der Waals surface area contributed by atoms with Crippen LogP contribution in [-0.4, -0.2) is 38.6 Å². The fourth-order valence-electron chi connectivity index (χ4n) is 2.59. The van der Waals surface area contributed by atoms with Crippen molar-refractivity contribution in [2.45, 2.75) is 32.6 Å². The number of rotatable bonds is 8. The molecule has 0 spiro atoms. The van der Waals surface area contributed by atoms with Crippen LogP contribution in [0.4, 0.5) is 4.79 Å². The van der Waals surface area contributed by atoms with Crippen molar-refractivity contribution >= 4 is 28.6 Å². The third kappa shape index (κ3) is 4.04. The van der Waals surface area contributed by atoms with Crippen LogP contribution in [0.15, 0.2) is 41.6 Å². The minimum Gasteiger partial charge on any atom is -0.479 e. The van der Waals surface area contributed by atoms with E-state index in [1.807, 2.05) is 41.8 Å². The fourth-order valence-corrected chi connectivity index (χ4v) is 3.46. The van der Waals surface area contributed by atoms with E-state index in [-0.39, 0.29) is 11.1 Å². The number of carbonyl (C=O) groups is 2. The molecule has 2 aromatic rings. The zero-order valence-electron chi connectivity index (χ0n) is 14.2. The number of thioether (sulfide) groups is 1. The summed E-state index contributed by atoms with van der Waals surface area (Å²) >= 11 is 1.04. The predicted molar refractivity (Wildman–Crippen MR) is 97.6 cm³/mol. The van der Waals surface area contributed by atoms with Crippen LogP contribution in [0, 0.1) is 0 Å². The van der Waals surface area contributed by atoms with Gasteiger partial charge in [-0.05, 0) is 43.2 Å². The SMILES string of the molecule is CCCC=C1SC(=O)N(CCCCOc2cccc3nccn23)C1=O. The Morgan fingerprint density at radius 2 is 2.16 bits per heavy atom. The number of imide groups is 1. The van der Waals surface area contributed by atoms with Crippen molar-refractivity contribution in [2.24, 2.45) is 0 Å². The Hall–Kier alpha value is -2.28. The van der Waals surface area contributed by atoms with Gasteiger partial charge in [-0.3, -0.25) is 18.9 Å². The van der Waals surface area contributed by atoms with Gasteiger partial charge in [-0.1, -0.05) is 25.5 Å². The topological polar surface area (TPSA) is 63.9 Å². The summed E-state index contributed by atoms with van der Waals surface area (Å²) in [5.74, 6) is 0.580. The second-order valence-electron chi connectivity index (χ2n) is 5.76. The molecule has 1 fully saturated rings.